The molecular weight excluding hydrogens is 308 g/mol. The smallest absolute Gasteiger partial charge is 0.119 e. The molecule has 2 rings (SSSR count). The van der Waals surface area contributed by atoms with E-state index >= 15 is 0 Å². The molecule has 2 aromatic carbocycles. The Morgan fingerprint density at radius 3 is 2.28 bits per heavy atom. The van der Waals surface area contributed by atoms with Crippen LogP contribution in [0.2, 0.25) is 0 Å². The summed E-state index contributed by atoms with van der Waals surface area (Å²) in [6.07, 6.45) is 9.42. The molecule has 0 aliphatic carbocycles. The molecule has 25 heavy (non-hydrogen) atoms. The minimum Gasteiger partial charge on any atom is -0.494 e. The first-order valence-electron chi connectivity index (χ1n) is 9.09. The summed E-state index contributed by atoms with van der Waals surface area (Å²) in [6.45, 7) is 3.02. The molecule has 0 unspecified atom stereocenters. The van der Waals surface area contributed by atoms with Crippen LogP contribution in [0.4, 0.5) is 5.69 Å². The van der Waals surface area contributed by atoms with Gasteiger partial charge in [0.25, 0.3) is 0 Å². The van der Waals surface area contributed by atoms with Crippen molar-refractivity contribution in [1.82, 2.24) is 0 Å². The van der Waals surface area contributed by atoms with Crippen LogP contribution >= 0.6 is 0 Å². The van der Waals surface area contributed by atoms with Crippen molar-refractivity contribution in [2.24, 2.45) is 4.99 Å². The van der Waals surface area contributed by atoms with Gasteiger partial charge in [-0.15, -0.1) is 0 Å². The van der Waals surface area contributed by atoms with E-state index in [4.69, 9.17) is 10.00 Å². The summed E-state index contributed by atoms with van der Waals surface area (Å²) in [5.74, 6) is 0.894. The van der Waals surface area contributed by atoms with Crippen LogP contribution < -0.4 is 4.74 Å². The van der Waals surface area contributed by atoms with E-state index in [0.29, 0.717) is 5.56 Å². The topological polar surface area (TPSA) is 45.4 Å². The second-order valence-corrected chi connectivity index (χ2v) is 6.10. The summed E-state index contributed by atoms with van der Waals surface area (Å²) < 4.78 is 5.77. The Morgan fingerprint density at radius 2 is 1.60 bits per heavy atom. The molecule has 0 saturated carbocycles. The fraction of sp³-hybridized carbons (Fsp3) is 0.364. The molecule has 0 atom stereocenters. The maximum Gasteiger partial charge on any atom is 0.119 e. The van der Waals surface area contributed by atoms with Crippen molar-refractivity contribution in [1.29, 1.82) is 5.26 Å². The lowest BCUT2D eigenvalue weighted by molar-refractivity contribution is 0.304. The third-order valence-corrected chi connectivity index (χ3v) is 4.01. The maximum atomic E-state index is 8.79. The number of nitrogens with zero attached hydrogens (tertiary/aromatic N) is 2. The monoisotopic (exact) mass is 334 g/mol. The van der Waals surface area contributed by atoms with Gasteiger partial charge in [0.05, 0.1) is 23.9 Å². The molecule has 3 nitrogen and oxygen atoms in total. The summed E-state index contributed by atoms with van der Waals surface area (Å²) in [4.78, 5) is 4.45. The van der Waals surface area contributed by atoms with Gasteiger partial charge in [-0.25, -0.2) is 0 Å². The van der Waals surface area contributed by atoms with E-state index in [1.807, 2.05) is 36.4 Å². The minimum absolute atomic E-state index is 0.656. The van der Waals surface area contributed by atoms with E-state index in [2.05, 4.69) is 18.0 Å². The van der Waals surface area contributed by atoms with Crippen LogP contribution in [-0.4, -0.2) is 12.8 Å². The molecule has 0 N–H and O–H groups in total. The Bertz CT molecular complexity index is 681. The normalized spacial score (nSPS) is 10.7. The number of benzene rings is 2. The third-order valence-electron chi connectivity index (χ3n) is 4.01. The highest BCUT2D eigenvalue weighted by Crippen LogP contribution is 2.18. The molecular formula is C22H26N2O. The fourth-order valence-corrected chi connectivity index (χ4v) is 2.49. The van der Waals surface area contributed by atoms with Gasteiger partial charge in [-0.3, -0.25) is 4.99 Å². The second kappa shape index (κ2) is 11.0. The molecule has 0 fully saturated rings. The predicted molar refractivity (Wildman–Crippen MR) is 104 cm³/mol. The number of ether oxygens (including phenoxy) is 1. The highest BCUT2D eigenvalue weighted by Gasteiger charge is 1.96. The Balaban J connectivity index is 1.73. The van der Waals surface area contributed by atoms with Gasteiger partial charge >= 0.3 is 0 Å². The molecule has 0 aliphatic rings. The van der Waals surface area contributed by atoms with E-state index in [0.717, 1.165) is 30.0 Å². The van der Waals surface area contributed by atoms with Gasteiger partial charge in [-0.05, 0) is 48.4 Å². The molecule has 2 aromatic rings. The van der Waals surface area contributed by atoms with Gasteiger partial charge in [-0.2, -0.15) is 5.26 Å². The lowest BCUT2D eigenvalue weighted by Crippen LogP contribution is -1.96. The van der Waals surface area contributed by atoms with E-state index in [9.17, 15) is 0 Å². The zero-order chi connectivity index (χ0) is 17.7. The van der Waals surface area contributed by atoms with Gasteiger partial charge in [0.2, 0.25) is 0 Å². The van der Waals surface area contributed by atoms with Crippen molar-refractivity contribution in [3.05, 3.63) is 59.7 Å². The van der Waals surface area contributed by atoms with Crippen LogP contribution in [0, 0.1) is 11.3 Å². The quantitative estimate of drug-likeness (QED) is 0.392. The first-order chi connectivity index (χ1) is 12.3. The Morgan fingerprint density at radius 1 is 0.920 bits per heavy atom. The first kappa shape index (κ1) is 18.7. The molecule has 0 spiro atoms. The fourth-order valence-electron chi connectivity index (χ4n) is 2.49. The Hall–Kier alpha value is -2.60. The summed E-state index contributed by atoms with van der Waals surface area (Å²) >= 11 is 0. The average molecular weight is 334 g/mol. The van der Waals surface area contributed by atoms with Crippen LogP contribution in [-0.2, 0) is 0 Å². The molecule has 130 valence electrons. The maximum absolute atomic E-state index is 8.79. The molecule has 0 radical (unpaired) electrons. The number of rotatable bonds is 10. The summed E-state index contributed by atoms with van der Waals surface area (Å²) in [5.41, 5.74) is 2.52. The van der Waals surface area contributed by atoms with Gasteiger partial charge in [-0.1, -0.05) is 51.2 Å². The number of hydrogen-bond donors (Lipinski definition) is 0. The number of aliphatic imine (C=N–C) groups is 1. The van der Waals surface area contributed by atoms with E-state index in [-0.39, 0.29) is 0 Å². The summed E-state index contributed by atoms with van der Waals surface area (Å²) in [5, 5.41) is 8.79. The average Bonchev–Trinajstić information content (AvgIpc) is 2.67. The van der Waals surface area contributed by atoms with Crippen molar-refractivity contribution >= 4 is 11.9 Å². The zero-order valence-electron chi connectivity index (χ0n) is 14.9. The third kappa shape index (κ3) is 7.22. The van der Waals surface area contributed by atoms with E-state index in [1.54, 1.807) is 18.3 Å². The molecule has 0 bridgehead atoms. The molecule has 0 amide bonds. The van der Waals surface area contributed by atoms with Gasteiger partial charge in [0.15, 0.2) is 0 Å². The molecule has 0 aliphatic heterocycles. The van der Waals surface area contributed by atoms with Gasteiger partial charge < -0.3 is 4.74 Å². The van der Waals surface area contributed by atoms with Crippen LogP contribution in [0.3, 0.4) is 0 Å². The molecule has 0 heterocycles. The largest absolute Gasteiger partial charge is 0.494 e. The Kier molecular flexibility index (Phi) is 8.27. The van der Waals surface area contributed by atoms with Gasteiger partial charge in [0, 0.05) is 6.21 Å². The molecule has 0 saturated heterocycles. The summed E-state index contributed by atoms with van der Waals surface area (Å²) in [7, 11) is 0. The Labute approximate surface area is 151 Å². The van der Waals surface area contributed by atoms with Crippen molar-refractivity contribution in [3.8, 4) is 11.8 Å². The highest BCUT2D eigenvalue weighted by molar-refractivity contribution is 5.82. The molecule has 0 aromatic heterocycles. The second-order valence-electron chi connectivity index (χ2n) is 6.10. The zero-order valence-corrected chi connectivity index (χ0v) is 14.9. The lowest BCUT2D eigenvalue weighted by Gasteiger charge is -2.06. The minimum atomic E-state index is 0.656. The number of hydrogen-bond acceptors (Lipinski definition) is 3. The van der Waals surface area contributed by atoms with Crippen molar-refractivity contribution < 1.29 is 4.74 Å². The summed E-state index contributed by atoms with van der Waals surface area (Å²) in [6, 6.07) is 17.3. The van der Waals surface area contributed by atoms with Crippen molar-refractivity contribution in [2.75, 3.05) is 6.61 Å². The van der Waals surface area contributed by atoms with Crippen LogP contribution in [0.5, 0.6) is 5.75 Å². The lowest BCUT2D eigenvalue weighted by atomic mass is 10.1. The van der Waals surface area contributed by atoms with E-state index < -0.39 is 0 Å². The van der Waals surface area contributed by atoms with Gasteiger partial charge in [0.1, 0.15) is 5.75 Å². The highest BCUT2D eigenvalue weighted by atomic mass is 16.5. The van der Waals surface area contributed by atoms with Crippen molar-refractivity contribution in [3.63, 3.8) is 0 Å². The number of nitriles is 1. The molecule has 3 heteroatoms. The van der Waals surface area contributed by atoms with E-state index in [1.165, 1.54) is 32.1 Å². The predicted octanol–water partition coefficient (Wildman–Crippen LogP) is 6.05. The van der Waals surface area contributed by atoms with Crippen molar-refractivity contribution in [2.45, 2.75) is 45.4 Å². The van der Waals surface area contributed by atoms with Crippen LogP contribution in [0.1, 0.15) is 56.6 Å². The number of unbranched alkanes of at least 4 members (excludes halogenated alkanes) is 5. The van der Waals surface area contributed by atoms with Crippen LogP contribution in [0.25, 0.3) is 0 Å². The van der Waals surface area contributed by atoms with Crippen LogP contribution in [0.15, 0.2) is 53.5 Å². The SMILES string of the molecule is CCCCCCCCOc1ccc(N=Cc2ccc(C#N)cc2)cc1. The first-order valence-corrected chi connectivity index (χ1v) is 9.09. The standard InChI is InChI=1S/C22H26N2O/c1-2-3-4-5-6-7-16-25-22-14-12-21(13-15-22)24-18-20-10-8-19(17-23)9-11-20/h8-15,18H,2-7,16H2,1H3.